The van der Waals surface area contributed by atoms with Gasteiger partial charge in [0.2, 0.25) is 10.0 Å². The first-order valence-electron chi connectivity index (χ1n) is 5.78. The maximum absolute atomic E-state index is 10.7. The largest absolute Gasteiger partial charge is 0.492 e. The second-order valence-corrected chi connectivity index (χ2v) is 6.35. The molecule has 0 aromatic heterocycles. The van der Waals surface area contributed by atoms with Crippen LogP contribution in [0.2, 0.25) is 5.02 Å². The van der Waals surface area contributed by atoms with Crippen molar-refractivity contribution in [2.24, 2.45) is 5.14 Å². The molecule has 0 unspecified atom stereocenters. The quantitative estimate of drug-likeness (QED) is 0.785. The summed E-state index contributed by atoms with van der Waals surface area (Å²) in [5.74, 6) is 0.687. The maximum Gasteiger partial charge on any atom is 0.209 e. The first kappa shape index (κ1) is 15.3. The predicted octanol–water partition coefficient (Wildman–Crippen LogP) is 2.49. The lowest BCUT2D eigenvalue weighted by Crippen LogP contribution is -2.16. The fourth-order valence-electron chi connectivity index (χ4n) is 1.49. The van der Waals surface area contributed by atoms with Gasteiger partial charge in [-0.15, -0.1) is 0 Å². The van der Waals surface area contributed by atoms with Gasteiger partial charge in [-0.1, -0.05) is 17.7 Å². The summed E-state index contributed by atoms with van der Waals surface area (Å²) in [4.78, 5) is 0. The van der Waals surface area contributed by atoms with E-state index in [1.165, 1.54) is 0 Å². The van der Waals surface area contributed by atoms with Gasteiger partial charge >= 0.3 is 0 Å². The monoisotopic (exact) mass is 291 g/mol. The molecule has 0 atom stereocenters. The average molecular weight is 292 g/mol. The number of benzene rings is 1. The van der Waals surface area contributed by atoms with Gasteiger partial charge < -0.3 is 4.74 Å². The Morgan fingerprint density at radius 1 is 1.28 bits per heavy atom. The molecule has 0 aliphatic rings. The molecular formula is C12H18ClNO3S. The molecule has 6 heteroatoms. The topological polar surface area (TPSA) is 69.4 Å². The third-order valence-corrected chi connectivity index (χ3v) is 3.57. The Balaban J connectivity index is 2.22. The summed E-state index contributed by atoms with van der Waals surface area (Å²) in [6.45, 7) is 2.48. The summed E-state index contributed by atoms with van der Waals surface area (Å²) in [5, 5.41) is 5.50. The summed E-state index contributed by atoms with van der Waals surface area (Å²) >= 11 is 6.01. The second kappa shape index (κ2) is 6.97. The van der Waals surface area contributed by atoms with Crippen molar-refractivity contribution in [3.8, 4) is 5.75 Å². The molecule has 2 N–H and O–H groups in total. The Hall–Kier alpha value is -0.780. The minimum Gasteiger partial charge on any atom is -0.492 e. The van der Waals surface area contributed by atoms with E-state index in [-0.39, 0.29) is 5.75 Å². The van der Waals surface area contributed by atoms with Crippen LogP contribution in [-0.2, 0) is 10.0 Å². The van der Waals surface area contributed by atoms with Gasteiger partial charge in [0.25, 0.3) is 0 Å². The third-order valence-electron chi connectivity index (χ3n) is 2.42. The van der Waals surface area contributed by atoms with Crippen LogP contribution >= 0.6 is 11.6 Å². The highest BCUT2D eigenvalue weighted by molar-refractivity contribution is 7.89. The zero-order valence-electron chi connectivity index (χ0n) is 10.4. The van der Waals surface area contributed by atoms with Crippen LogP contribution in [0.1, 0.15) is 24.8 Å². The lowest BCUT2D eigenvalue weighted by atomic mass is 10.2. The van der Waals surface area contributed by atoms with E-state index < -0.39 is 10.0 Å². The van der Waals surface area contributed by atoms with Crippen LogP contribution in [0.3, 0.4) is 0 Å². The highest BCUT2D eigenvalue weighted by atomic mass is 35.5. The molecule has 102 valence electrons. The summed E-state index contributed by atoms with van der Waals surface area (Å²) < 4.78 is 26.9. The molecule has 0 heterocycles. The average Bonchev–Trinajstić information content (AvgIpc) is 2.24. The molecular weight excluding hydrogens is 274 g/mol. The number of unbranched alkanes of at least 4 members (excludes halogenated alkanes) is 2. The predicted molar refractivity (Wildman–Crippen MR) is 73.5 cm³/mol. The van der Waals surface area contributed by atoms with Crippen LogP contribution in [0.15, 0.2) is 18.2 Å². The fourth-order valence-corrected chi connectivity index (χ4v) is 2.38. The number of ether oxygens (including phenoxy) is 1. The van der Waals surface area contributed by atoms with Gasteiger partial charge in [0.15, 0.2) is 0 Å². The minimum absolute atomic E-state index is 0.0261. The number of aryl methyl sites for hydroxylation is 1. The molecule has 0 spiro atoms. The van der Waals surface area contributed by atoms with E-state index in [0.717, 1.165) is 18.4 Å². The number of primary sulfonamides is 1. The van der Waals surface area contributed by atoms with Crippen LogP contribution < -0.4 is 9.88 Å². The van der Waals surface area contributed by atoms with Crippen LogP contribution in [0.4, 0.5) is 0 Å². The number of hydrogen-bond donors (Lipinski definition) is 1. The van der Waals surface area contributed by atoms with E-state index in [4.69, 9.17) is 21.5 Å². The normalized spacial score (nSPS) is 11.5. The van der Waals surface area contributed by atoms with E-state index in [2.05, 4.69) is 0 Å². The Morgan fingerprint density at radius 3 is 2.61 bits per heavy atom. The molecule has 0 fully saturated rings. The molecule has 0 amide bonds. The SMILES string of the molecule is Cc1ccc(OCCCCCS(N)(=O)=O)c(Cl)c1. The second-order valence-electron chi connectivity index (χ2n) is 4.21. The van der Waals surface area contributed by atoms with Crippen molar-refractivity contribution in [2.75, 3.05) is 12.4 Å². The molecule has 1 aromatic carbocycles. The maximum atomic E-state index is 10.7. The van der Waals surface area contributed by atoms with Crippen LogP contribution in [0.5, 0.6) is 5.75 Å². The molecule has 1 aromatic rings. The van der Waals surface area contributed by atoms with Crippen LogP contribution in [-0.4, -0.2) is 20.8 Å². The first-order chi connectivity index (χ1) is 8.38. The molecule has 0 aliphatic heterocycles. The van der Waals surface area contributed by atoms with Crippen molar-refractivity contribution < 1.29 is 13.2 Å². The lowest BCUT2D eigenvalue weighted by molar-refractivity contribution is 0.306. The number of hydrogen-bond acceptors (Lipinski definition) is 3. The first-order valence-corrected chi connectivity index (χ1v) is 7.87. The van der Waals surface area contributed by atoms with Gasteiger partial charge in [0, 0.05) is 0 Å². The standard InChI is InChI=1S/C12H18ClNO3S/c1-10-5-6-12(11(13)9-10)17-7-3-2-4-8-18(14,15)16/h5-6,9H,2-4,7-8H2,1H3,(H2,14,15,16). The number of sulfonamides is 1. The van der Waals surface area contributed by atoms with Crippen molar-refractivity contribution in [1.29, 1.82) is 0 Å². The Morgan fingerprint density at radius 2 is 2.00 bits per heavy atom. The molecule has 0 bridgehead atoms. The molecule has 18 heavy (non-hydrogen) atoms. The zero-order valence-corrected chi connectivity index (χ0v) is 11.9. The van der Waals surface area contributed by atoms with Gasteiger partial charge in [-0.05, 0) is 43.9 Å². The summed E-state index contributed by atoms with van der Waals surface area (Å²) in [5.41, 5.74) is 1.08. The summed E-state index contributed by atoms with van der Waals surface area (Å²) in [6.07, 6.45) is 2.10. The van der Waals surface area contributed by atoms with Gasteiger partial charge in [0.05, 0.1) is 17.4 Å². The highest BCUT2D eigenvalue weighted by Gasteiger charge is 2.03. The molecule has 4 nitrogen and oxygen atoms in total. The van der Waals surface area contributed by atoms with Crippen molar-refractivity contribution >= 4 is 21.6 Å². The van der Waals surface area contributed by atoms with Gasteiger partial charge in [-0.3, -0.25) is 0 Å². The molecule has 0 aliphatic carbocycles. The Labute approximate surface area is 113 Å². The van der Waals surface area contributed by atoms with Gasteiger partial charge in [-0.25, -0.2) is 13.6 Å². The van der Waals surface area contributed by atoms with E-state index in [0.29, 0.717) is 23.8 Å². The van der Waals surface area contributed by atoms with Crippen LogP contribution in [0, 0.1) is 6.92 Å². The highest BCUT2D eigenvalue weighted by Crippen LogP contribution is 2.25. The Bertz CT molecular complexity index is 488. The van der Waals surface area contributed by atoms with Gasteiger partial charge in [0.1, 0.15) is 5.75 Å². The van der Waals surface area contributed by atoms with Crippen molar-refractivity contribution in [3.05, 3.63) is 28.8 Å². The van der Waals surface area contributed by atoms with E-state index in [1.54, 1.807) is 0 Å². The fraction of sp³-hybridized carbons (Fsp3) is 0.500. The Kier molecular flexibility index (Phi) is 5.91. The zero-order chi connectivity index (χ0) is 13.6. The van der Waals surface area contributed by atoms with Crippen molar-refractivity contribution in [1.82, 2.24) is 0 Å². The minimum atomic E-state index is -3.34. The third kappa shape index (κ3) is 6.23. The smallest absolute Gasteiger partial charge is 0.209 e. The number of nitrogens with two attached hydrogens (primary N) is 1. The number of rotatable bonds is 7. The van der Waals surface area contributed by atoms with E-state index in [1.807, 2.05) is 25.1 Å². The van der Waals surface area contributed by atoms with Crippen LogP contribution in [0.25, 0.3) is 0 Å². The molecule has 0 saturated heterocycles. The van der Waals surface area contributed by atoms with Crippen molar-refractivity contribution in [3.63, 3.8) is 0 Å². The summed E-state index contributed by atoms with van der Waals surface area (Å²) in [6, 6.07) is 5.61. The van der Waals surface area contributed by atoms with E-state index in [9.17, 15) is 8.42 Å². The molecule has 1 rings (SSSR count). The lowest BCUT2D eigenvalue weighted by Gasteiger charge is -2.08. The van der Waals surface area contributed by atoms with E-state index >= 15 is 0 Å². The molecule has 0 saturated carbocycles. The van der Waals surface area contributed by atoms with Gasteiger partial charge in [-0.2, -0.15) is 0 Å². The molecule has 0 radical (unpaired) electrons. The van der Waals surface area contributed by atoms with Crippen molar-refractivity contribution in [2.45, 2.75) is 26.2 Å². The summed E-state index contributed by atoms with van der Waals surface area (Å²) in [7, 11) is -3.34. The number of halogens is 1.